The van der Waals surface area contributed by atoms with Gasteiger partial charge in [-0.25, -0.2) is 0 Å². The Labute approximate surface area is 129 Å². The lowest BCUT2D eigenvalue weighted by atomic mass is 10.0. The molecule has 1 aromatic carbocycles. The summed E-state index contributed by atoms with van der Waals surface area (Å²) in [6, 6.07) is 4.30. The van der Waals surface area contributed by atoms with Crippen LogP contribution in [0.5, 0.6) is 0 Å². The van der Waals surface area contributed by atoms with E-state index in [0.717, 1.165) is 0 Å². The second-order valence-corrected chi connectivity index (χ2v) is 5.27. The number of hydrogen-bond donors (Lipinski definition) is 0. The maximum atomic E-state index is 12.5. The molecule has 0 aliphatic rings. The van der Waals surface area contributed by atoms with Crippen LogP contribution < -0.4 is 0 Å². The number of thioether (sulfide) groups is 1. The minimum Gasteiger partial charge on any atom is -0.466 e. The third-order valence-electron chi connectivity index (χ3n) is 2.42. The molecule has 1 aromatic rings. The van der Waals surface area contributed by atoms with Crippen molar-refractivity contribution in [2.45, 2.75) is 29.6 Å². The normalized spacial score (nSPS) is 11.0. The number of carbonyl (C=O) groups excluding carboxylic acids is 1. The molecule has 0 bridgehead atoms. The second kappa shape index (κ2) is 7.57. The number of alkyl halides is 4. The van der Waals surface area contributed by atoms with E-state index in [2.05, 4.69) is 0 Å². The van der Waals surface area contributed by atoms with Crippen LogP contribution in [-0.2, 0) is 21.8 Å². The van der Waals surface area contributed by atoms with Crippen molar-refractivity contribution in [3.8, 4) is 6.07 Å². The quantitative estimate of drug-likeness (QED) is 0.462. The van der Waals surface area contributed by atoms with Gasteiger partial charge in [-0.15, -0.1) is 11.6 Å². The average molecular weight is 338 g/mol. The summed E-state index contributed by atoms with van der Waals surface area (Å²) in [7, 11) is 0. The first-order valence-corrected chi connectivity index (χ1v) is 7.19. The number of nitrogens with zero attached hydrogens (tertiary/aromatic N) is 1. The molecule has 0 atom stereocenters. The molecule has 0 heterocycles. The molecule has 0 aliphatic carbocycles. The van der Waals surface area contributed by atoms with E-state index in [9.17, 15) is 18.0 Å². The van der Waals surface area contributed by atoms with Gasteiger partial charge in [-0.3, -0.25) is 4.79 Å². The first kappa shape index (κ1) is 17.7. The fourth-order valence-corrected chi connectivity index (χ4v) is 2.62. The zero-order valence-corrected chi connectivity index (χ0v) is 12.5. The summed E-state index contributed by atoms with van der Waals surface area (Å²) >= 11 is 5.30. The zero-order chi connectivity index (χ0) is 16.0. The fraction of sp³-hybridized carbons (Fsp3) is 0.385. The molecule has 114 valence electrons. The van der Waals surface area contributed by atoms with Gasteiger partial charge in [-0.2, -0.15) is 18.4 Å². The Kier molecular flexibility index (Phi) is 6.37. The van der Waals surface area contributed by atoms with Crippen LogP contribution in [0, 0.1) is 11.3 Å². The Bertz CT molecular complexity index is 570. The third-order valence-corrected chi connectivity index (χ3v) is 3.54. The van der Waals surface area contributed by atoms with Crippen LogP contribution in [0.4, 0.5) is 13.2 Å². The van der Waals surface area contributed by atoms with Crippen LogP contribution in [0.3, 0.4) is 0 Å². The lowest BCUT2D eigenvalue weighted by Crippen LogP contribution is -2.10. The molecular formula is C13H11ClF3NO2S. The highest BCUT2D eigenvalue weighted by atomic mass is 35.5. The number of benzene rings is 1. The summed E-state index contributed by atoms with van der Waals surface area (Å²) in [5.74, 6) is -0.761. The number of hydrogen-bond acceptors (Lipinski definition) is 4. The van der Waals surface area contributed by atoms with Crippen molar-refractivity contribution in [2.75, 3.05) is 6.61 Å². The topological polar surface area (TPSA) is 50.1 Å². The van der Waals surface area contributed by atoms with Crippen molar-refractivity contribution in [2.24, 2.45) is 0 Å². The van der Waals surface area contributed by atoms with E-state index in [-0.39, 0.29) is 52.3 Å². The van der Waals surface area contributed by atoms with Gasteiger partial charge in [0.05, 0.1) is 24.7 Å². The minimum absolute atomic E-state index is 0.115. The van der Waals surface area contributed by atoms with Crippen molar-refractivity contribution >= 4 is 29.3 Å². The van der Waals surface area contributed by atoms with Crippen molar-refractivity contribution in [1.82, 2.24) is 0 Å². The number of carbonyl (C=O) groups is 1. The lowest BCUT2D eigenvalue weighted by Gasteiger charge is -2.13. The second-order valence-electron chi connectivity index (χ2n) is 3.89. The predicted octanol–water partition coefficient (Wildman–Crippen LogP) is 4.01. The molecule has 3 nitrogen and oxygen atoms in total. The molecule has 0 saturated heterocycles. The Morgan fingerprint density at radius 3 is 2.57 bits per heavy atom. The molecule has 0 saturated carbocycles. The maximum absolute atomic E-state index is 12.5. The predicted molar refractivity (Wildman–Crippen MR) is 73.0 cm³/mol. The summed E-state index contributed by atoms with van der Waals surface area (Å²) in [4.78, 5) is 11.3. The van der Waals surface area contributed by atoms with Crippen molar-refractivity contribution < 1.29 is 22.7 Å². The Balaban J connectivity index is 3.20. The van der Waals surface area contributed by atoms with Crippen molar-refractivity contribution in [3.05, 3.63) is 28.8 Å². The van der Waals surface area contributed by atoms with Gasteiger partial charge in [0.1, 0.15) is 0 Å². The van der Waals surface area contributed by atoms with Gasteiger partial charge in [0.15, 0.2) is 0 Å². The number of rotatable bonds is 5. The highest BCUT2D eigenvalue weighted by Gasteiger charge is 2.31. The molecule has 0 aliphatic heterocycles. The summed E-state index contributed by atoms with van der Waals surface area (Å²) in [6.45, 7) is 1.77. The number of esters is 1. The lowest BCUT2D eigenvalue weighted by molar-refractivity contribution is -0.142. The molecule has 0 fully saturated rings. The molecule has 0 amide bonds. The third kappa shape index (κ3) is 5.48. The maximum Gasteiger partial charge on any atom is 0.446 e. The number of nitriles is 1. The smallest absolute Gasteiger partial charge is 0.446 e. The first-order valence-electron chi connectivity index (χ1n) is 5.84. The van der Waals surface area contributed by atoms with E-state index >= 15 is 0 Å². The summed E-state index contributed by atoms with van der Waals surface area (Å²) in [5.41, 5.74) is -3.97. The van der Waals surface area contributed by atoms with E-state index in [0.29, 0.717) is 0 Å². The van der Waals surface area contributed by atoms with Gasteiger partial charge in [0, 0.05) is 10.8 Å². The molecule has 8 heteroatoms. The zero-order valence-electron chi connectivity index (χ0n) is 11.0. The molecule has 21 heavy (non-hydrogen) atoms. The van der Waals surface area contributed by atoms with Gasteiger partial charge in [-0.05, 0) is 41.9 Å². The Hall–Kier alpha value is -1.39. The molecular weight excluding hydrogens is 327 g/mol. The van der Waals surface area contributed by atoms with E-state index in [1.54, 1.807) is 6.92 Å². The number of ether oxygens (including phenoxy) is 1. The van der Waals surface area contributed by atoms with Crippen LogP contribution in [0.15, 0.2) is 17.0 Å². The van der Waals surface area contributed by atoms with E-state index in [1.165, 1.54) is 12.1 Å². The van der Waals surface area contributed by atoms with Crippen LogP contribution in [-0.4, -0.2) is 18.1 Å². The Morgan fingerprint density at radius 2 is 2.10 bits per heavy atom. The standard InChI is InChI=1S/C13H11ClF3NO2S/c1-2-20-12(19)5-8-4-11(21-13(15,16)17)9(6-14)3-10(8)7-18/h3-4H,2,5-6H2,1H3. The first-order chi connectivity index (χ1) is 9.80. The average Bonchev–Trinajstić information content (AvgIpc) is 2.37. The summed E-state index contributed by atoms with van der Waals surface area (Å²) < 4.78 is 42.3. The largest absolute Gasteiger partial charge is 0.466 e. The molecule has 0 radical (unpaired) electrons. The van der Waals surface area contributed by atoms with Crippen LogP contribution in [0.25, 0.3) is 0 Å². The Morgan fingerprint density at radius 1 is 1.43 bits per heavy atom. The molecule has 1 rings (SSSR count). The molecule has 0 unspecified atom stereocenters. The monoisotopic (exact) mass is 337 g/mol. The van der Waals surface area contributed by atoms with E-state index in [4.69, 9.17) is 21.6 Å². The van der Waals surface area contributed by atoms with Gasteiger partial charge < -0.3 is 4.74 Å². The van der Waals surface area contributed by atoms with Crippen LogP contribution in [0.1, 0.15) is 23.6 Å². The SMILES string of the molecule is CCOC(=O)Cc1cc(SC(F)(F)F)c(CCl)cc1C#N. The van der Waals surface area contributed by atoms with Gasteiger partial charge >= 0.3 is 11.5 Å². The summed E-state index contributed by atoms with van der Waals surface area (Å²) in [6.07, 6.45) is -0.259. The molecule has 0 spiro atoms. The van der Waals surface area contributed by atoms with E-state index < -0.39 is 11.5 Å². The highest BCUT2D eigenvalue weighted by molar-refractivity contribution is 8.00. The van der Waals surface area contributed by atoms with Crippen LogP contribution in [0.2, 0.25) is 0 Å². The van der Waals surface area contributed by atoms with Crippen molar-refractivity contribution in [1.29, 1.82) is 5.26 Å². The molecule has 0 aromatic heterocycles. The highest BCUT2D eigenvalue weighted by Crippen LogP contribution is 2.40. The fourth-order valence-electron chi connectivity index (χ4n) is 1.61. The van der Waals surface area contributed by atoms with Gasteiger partial charge in [0.25, 0.3) is 0 Å². The van der Waals surface area contributed by atoms with E-state index in [1.807, 2.05) is 6.07 Å². The van der Waals surface area contributed by atoms with Gasteiger partial charge in [-0.1, -0.05) is 0 Å². The van der Waals surface area contributed by atoms with Crippen LogP contribution >= 0.6 is 23.4 Å². The molecule has 0 N–H and O–H groups in total. The summed E-state index contributed by atoms with van der Waals surface area (Å²) in [5, 5.41) is 9.03. The van der Waals surface area contributed by atoms with Crippen molar-refractivity contribution in [3.63, 3.8) is 0 Å². The number of halogens is 4. The minimum atomic E-state index is -4.48. The van der Waals surface area contributed by atoms with Gasteiger partial charge in [0.2, 0.25) is 0 Å².